The number of rotatable bonds is 2. The van der Waals surface area contributed by atoms with Crippen LogP contribution < -0.4 is 0 Å². The van der Waals surface area contributed by atoms with Gasteiger partial charge in [-0.2, -0.15) is 0 Å². The zero-order chi connectivity index (χ0) is 11.1. The van der Waals surface area contributed by atoms with Gasteiger partial charge in [-0.3, -0.25) is 4.79 Å². The van der Waals surface area contributed by atoms with Crippen LogP contribution in [0.2, 0.25) is 0 Å². The molecule has 15 heavy (non-hydrogen) atoms. The molecule has 4 nitrogen and oxygen atoms in total. The lowest BCUT2D eigenvalue weighted by Gasteiger charge is -2.11. The molecular weight excluding hydrogens is 214 g/mol. The Balaban J connectivity index is 2.65. The third kappa shape index (κ3) is 1.27. The third-order valence-electron chi connectivity index (χ3n) is 2.21. The first-order valence-corrected chi connectivity index (χ1v) is 5.80. The van der Waals surface area contributed by atoms with E-state index >= 15 is 0 Å². The van der Waals surface area contributed by atoms with Crippen molar-refractivity contribution >= 4 is 15.9 Å². The van der Waals surface area contributed by atoms with E-state index in [2.05, 4.69) is 6.58 Å². The number of hydrogen-bond acceptors (Lipinski definition) is 3. The van der Waals surface area contributed by atoms with Crippen molar-refractivity contribution in [3.8, 4) is 0 Å². The second-order valence-corrected chi connectivity index (χ2v) is 4.96. The molecule has 78 valence electrons. The molecule has 0 bridgehead atoms. The highest BCUT2D eigenvalue weighted by molar-refractivity contribution is 7.90. The molecule has 1 heterocycles. The number of carbonyl (C=O) groups is 1. The van der Waals surface area contributed by atoms with Crippen LogP contribution in [0.4, 0.5) is 0 Å². The lowest BCUT2D eigenvalue weighted by atomic mass is 10.2. The van der Waals surface area contributed by atoms with Gasteiger partial charge in [0.2, 0.25) is 0 Å². The maximum absolute atomic E-state index is 11.8. The molecule has 2 rings (SSSR count). The number of nitrogens with zero attached hydrogens (tertiary/aromatic N) is 1. The molecule has 1 aromatic carbocycles. The fraction of sp³-hybridized carbons (Fsp3) is 0.100. The van der Waals surface area contributed by atoms with Crippen LogP contribution in [0.1, 0.15) is 10.4 Å². The molecule has 0 spiro atoms. The van der Waals surface area contributed by atoms with Crippen LogP contribution in [-0.4, -0.2) is 25.2 Å². The maximum Gasteiger partial charge on any atom is 0.269 e. The van der Waals surface area contributed by atoms with Crippen molar-refractivity contribution in [1.82, 2.24) is 4.31 Å². The lowest BCUT2D eigenvalue weighted by Crippen LogP contribution is -2.29. The monoisotopic (exact) mass is 223 g/mol. The van der Waals surface area contributed by atoms with Crippen molar-refractivity contribution in [2.75, 3.05) is 6.54 Å². The van der Waals surface area contributed by atoms with E-state index in [1.807, 2.05) is 0 Å². The molecule has 1 amide bonds. The number of hydrogen-bond donors (Lipinski definition) is 0. The molecule has 0 aliphatic carbocycles. The number of sulfonamides is 1. The number of fused-ring (bicyclic) bond motifs is 1. The molecule has 0 fully saturated rings. The van der Waals surface area contributed by atoms with E-state index in [1.165, 1.54) is 18.2 Å². The van der Waals surface area contributed by atoms with Crippen LogP contribution in [0.5, 0.6) is 0 Å². The summed E-state index contributed by atoms with van der Waals surface area (Å²) in [5.74, 6) is -0.481. The van der Waals surface area contributed by atoms with Crippen LogP contribution in [0.3, 0.4) is 0 Å². The molecule has 0 N–H and O–H groups in total. The summed E-state index contributed by atoms with van der Waals surface area (Å²) < 4.78 is 24.5. The number of benzene rings is 1. The molecular formula is C10H9NO3S. The molecule has 0 saturated carbocycles. The quantitative estimate of drug-likeness (QED) is 0.703. The van der Waals surface area contributed by atoms with Gasteiger partial charge < -0.3 is 0 Å². The number of carbonyl (C=O) groups excluding carboxylic acids is 1. The van der Waals surface area contributed by atoms with Crippen LogP contribution in [-0.2, 0) is 10.0 Å². The van der Waals surface area contributed by atoms with E-state index in [0.717, 1.165) is 4.31 Å². The fourth-order valence-corrected chi connectivity index (χ4v) is 3.07. The Hall–Kier alpha value is -1.62. The Labute approximate surface area is 87.9 Å². The normalized spacial score (nSPS) is 17.6. The van der Waals surface area contributed by atoms with E-state index in [1.54, 1.807) is 12.1 Å². The van der Waals surface area contributed by atoms with Gasteiger partial charge in [-0.15, -0.1) is 6.58 Å². The zero-order valence-electron chi connectivity index (χ0n) is 7.88. The smallest absolute Gasteiger partial charge is 0.268 e. The van der Waals surface area contributed by atoms with Gasteiger partial charge in [-0.05, 0) is 12.1 Å². The molecule has 0 unspecified atom stereocenters. The molecule has 0 saturated heterocycles. The highest BCUT2D eigenvalue weighted by Crippen LogP contribution is 2.29. The maximum atomic E-state index is 11.8. The van der Waals surface area contributed by atoms with E-state index in [9.17, 15) is 13.2 Å². The summed E-state index contributed by atoms with van der Waals surface area (Å²) in [6.07, 6.45) is 1.39. The van der Waals surface area contributed by atoms with Crippen molar-refractivity contribution in [2.45, 2.75) is 4.90 Å². The summed E-state index contributed by atoms with van der Waals surface area (Å²) in [5, 5.41) is 0. The summed E-state index contributed by atoms with van der Waals surface area (Å²) in [5.41, 5.74) is 0.236. The average molecular weight is 223 g/mol. The van der Waals surface area contributed by atoms with E-state index in [4.69, 9.17) is 0 Å². The van der Waals surface area contributed by atoms with E-state index in [0.29, 0.717) is 0 Å². The first kappa shape index (κ1) is 9.92. The summed E-state index contributed by atoms with van der Waals surface area (Å²) in [4.78, 5) is 11.8. The Morgan fingerprint density at radius 2 is 2.00 bits per heavy atom. The van der Waals surface area contributed by atoms with Gasteiger partial charge in [0, 0.05) is 0 Å². The van der Waals surface area contributed by atoms with Crippen molar-refractivity contribution in [3.63, 3.8) is 0 Å². The Kier molecular flexibility index (Phi) is 2.12. The Morgan fingerprint density at radius 3 is 2.60 bits per heavy atom. The Bertz CT molecular complexity index is 533. The standard InChI is InChI=1S/C10H9NO3S/c1-2-7-11-10(12)8-5-3-4-6-9(8)15(11,13)14/h2-6H,1,7H2. The first-order valence-electron chi connectivity index (χ1n) is 4.36. The van der Waals surface area contributed by atoms with Gasteiger partial charge in [0.1, 0.15) is 4.90 Å². The van der Waals surface area contributed by atoms with Crippen molar-refractivity contribution < 1.29 is 13.2 Å². The van der Waals surface area contributed by atoms with Gasteiger partial charge in [-0.25, -0.2) is 12.7 Å². The van der Waals surface area contributed by atoms with Crippen molar-refractivity contribution in [3.05, 3.63) is 42.5 Å². The highest BCUT2D eigenvalue weighted by atomic mass is 32.2. The van der Waals surface area contributed by atoms with Crippen LogP contribution >= 0.6 is 0 Å². The second-order valence-electron chi connectivity index (χ2n) is 3.13. The van der Waals surface area contributed by atoms with Crippen molar-refractivity contribution in [2.24, 2.45) is 0 Å². The van der Waals surface area contributed by atoms with Crippen LogP contribution in [0.15, 0.2) is 41.8 Å². The van der Waals surface area contributed by atoms with Crippen LogP contribution in [0, 0.1) is 0 Å². The first-order chi connectivity index (χ1) is 7.09. The lowest BCUT2D eigenvalue weighted by molar-refractivity contribution is 0.0880. The Morgan fingerprint density at radius 1 is 1.33 bits per heavy atom. The zero-order valence-corrected chi connectivity index (χ0v) is 8.70. The highest BCUT2D eigenvalue weighted by Gasteiger charge is 2.39. The summed E-state index contributed by atoms with van der Waals surface area (Å²) in [7, 11) is -3.65. The summed E-state index contributed by atoms with van der Waals surface area (Å²) in [6, 6.07) is 6.19. The van der Waals surface area contributed by atoms with Crippen molar-refractivity contribution in [1.29, 1.82) is 0 Å². The third-order valence-corrected chi connectivity index (χ3v) is 4.01. The predicted octanol–water partition coefficient (Wildman–Crippen LogP) is 1.02. The topological polar surface area (TPSA) is 54.5 Å². The predicted molar refractivity (Wildman–Crippen MR) is 54.9 cm³/mol. The minimum absolute atomic E-state index is 0.00977. The van der Waals surface area contributed by atoms with Gasteiger partial charge in [0.25, 0.3) is 15.9 Å². The van der Waals surface area contributed by atoms with E-state index < -0.39 is 15.9 Å². The fourth-order valence-electron chi connectivity index (χ4n) is 1.53. The van der Waals surface area contributed by atoms with Gasteiger partial charge in [-0.1, -0.05) is 18.2 Å². The molecule has 1 aromatic rings. The van der Waals surface area contributed by atoms with E-state index in [-0.39, 0.29) is 17.0 Å². The summed E-state index contributed by atoms with van der Waals surface area (Å²) in [6.45, 7) is 3.44. The summed E-state index contributed by atoms with van der Waals surface area (Å²) >= 11 is 0. The minimum Gasteiger partial charge on any atom is -0.268 e. The van der Waals surface area contributed by atoms with Crippen LogP contribution in [0.25, 0.3) is 0 Å². The second kappa shape index (κ2) is 3.20. The number of amides is 1. The average Bonchev–Trinajstić information content (AvgIpc) is 2.41. The van der Waals surface area contributed by atoms with Gasteiger partial charge in [0.15, 0.2) is 0 Å². The molecule has 1 aliphatic heterocycles. The molecule has 0 atom stereocenters. The molecule has 1 aliphatic rings. The van der Waals surface area contributed by atoms with Gasteiger partial charge >= 0.3 is 0 Å². The SMILES string of the molecule is C=CCN1C(=O)c2ccccc2S1(=O)=O. The minimum atomic E-state index is -3.65. The largest absolute Gasteiger partial charge is 0.269 e. The molecule has 0 radical (unpaired) electrons. The molecule has 5 heteroatoms. The van der Waals surface area contributed by atoms with Gasteiger partial charge in [0.05, 0.1) is 12.1 Å². The molecule has 0 aromatic heterocycles.